The Balaban J connectivity index is 1.14. The van der Waals surface area contributed by atoms with Crippen LogP contribution >= 0.6 is 0 Å². The molecule has 0 saturated heterocycles. The molecule has 4 heteroatoms. The molecule has 6 rings (SSSR count). The van der Waals surface area contributed by atoms with Gasteiger partial charge in [-0.3, -0.25) is 14.4 Å². The Morgan fingerprint density at radius 3 is 2.61 bits per heavy atom. The maximum Gasteiger partial charge on any atom is 0.309 e. The Labute approximate surface area is 245 Å². The van der Waals surface area contributed by atoms with E-state index in [2.05, 4.69) is 56.9 Å². The normalized spacial score (nSPS) is 37.0. The molecule has 3 fully saturated rings. The van der Waals surface area contributed by atoms with Crippen molar-refractivity contribution in [3.63, 3.8) is 0 Å². The summed E-state index contributed by atoms with van der Waals surface area (Å²) in [6.45, 7) is 11.2. The summed E-state index contributed by atoms with van der Waals surface area (Å²) in [7, 11) is 0. The van der Waals surface area contributed by atoms with Gasteiger partial charge in [-0.1, -0.05) is 68.5 Å². The number of carbonyl (C=O) groups is 3. The summed E-state index contributed by atoms with van der Waals surface area (Å²) < 4.78 is 6.02. The summed E-state index contributed by atoms with van der Waals surface area (Å²) >= 11 is 0. The molecular weight excluding hydrogens is 508 g/mol. The highest BCUT2D eigenvalue weighted by molar-refractivity contribution is 5.97. The van der Waals surface area contributed by atoms with Crippen LogP contribution in [0, 0.1) is 34.5 Å². The van der Waals surface area contributed by atoms with E-state index in [0.29, 0.717) is 25.2 Å². The summed E-state index contributed by atoms with van der Waals surface area (Å²) in [6.07, 6.45) is 15.9. The van der Waals surface area contributed by atoms with Crippen molar-refractivity contribution < 1.29 is 19.1 Å². The van der Waals surface area contributed by atoms with Crippen molar-refractivity contribution in [2.75, 3.05) is 6.61 Å². The highest BCUT2D eigenvalue weighted by Gasteiger charge is 2.61. The predicted molar refractivity (Wildman–Crippen MR) is 162 cm³/mol. The summed E-state index contributed by atoms with van der Waals surface area (Å²) in [5.74, 6) is 0.524. The van der Waals surface area contributed by atoms with Crippen LogP contribution < -0.4 is 0 Å². The van der Waals surface area contributed by atoms with E-state index in [1.807, 2.05) is 19.1 Å². The number of allylic oxidation sites excluding steroid dienone is 6. The quantitative estimate of drug-likeness (QED) is 0.204. The topological polar surface area (TPSA) is 60.4 Å². The zero-order valence-electron chi connectivity index (χ0n) is 24.9. The van der Waals surface area contributed by atoms with Gasteiger partial charge in [0.25, 0.3) is 0 Å². The van der Waals surface area contributed by atoms with Gasteiger partial charge in [0.2, 0.25) is 0 Å². The predicted octanol–water partition coefficient (Wildman–Crippen LogP) is 7.95. The molecule has 5 unspecified atom stereocenters. The molecule has 0 bridgehead atoms. The van der Waals surface area contributed by atoms with E-state index in [-0.39, 0.29) is 52.2 Å². The van der Waals surface area contributed by atoms with Gasteiger partial charge in [0, 0.05) is 23.7 Å². The van der Waals surface area contributed by atoms with Gasteiger partial charge in [-0.25, -0.2) is 0 Å². The van der Waals surface area contributed by atoms with Crippen molar-refractivity contribution in [1.29, 1.82) is 0 Å². The molecule has 4 nitrogen and oxygen atoms in total. The molecule has 5 aliphatic rings. The Kier molecular flexibility index (Phi) is 7.32. The van der Waals surface area contributed by atoms with E-state index >= 15 is 0 Å². The molecule has 3 saturated carbocycles. The van der Waals surface area contributed by atoms with Crippen LogP contribution in [0.15, 0.2) is 66.3 Å². The second kappa shape index (κ2) is 10.7. The van der Waals surface area contributed by atoms with Crippen LogP contribution in [0.2, 0.25) is 0 Å². The van der Waals surface area contributed by atoms with Crippen molar-refractivity contribution in [3.8, 4) is 0 Å². The molecule has 0 radical (unpaired) electrons. The number of esters is 1. The van der Waals surface area contributed by atoms with Gasteiger partial charge in [-0.2, -0.15) is 0 Å². The first-order valence-electron chi connectivity index (χ1n) is 15.7. The Bertz CT molecular complexity index is 1380. The molecule has 0 aromatic heterocycles. The number of hydrogen-bond acceptors (Lipinski definition) is 4. The maximum atomic E-state index is 13.6. The first-order chi connectivity index (χ1) is 19.7. The van der Waals surface area contributed by atoms with Crippen molar-refractivity contribution in [1.82, 2.24) is 0 Å². The SMILES string of the molecule is C=C1/C(=C\CC/C=C\C)c2ccccc2C1COC(=O)C1CC[C@@]2(C)C(=CC(=O)C3C2CC[C@]2(C)C(=O)CCC32)C1. The third-order valence-corrected chi connectivity index (χ3v) is 11.7. The molecule has 0 amide bonds. The van der Waals surface area contributed by atoms with E-state index in [9.17, 15) is 14.4 Å². The van der Waals surface area contributed by atoms with Crippen molar-refractivity contribution in [2.45, 2.75) is 84.5 Å². The fourth-order valence-corrected chi connectivity index (χ4v) is 9.18. The van der Waals surface area contributed by atoms with E-state index < -0.39 is 0 Å². The average molecular weight is 553 g/mol. The number of ether oxygens (including phenoxy) is 1. The van der Waals surface area contributed by atoms with Gasteiger partial charge < -0.3 is 4.74 Å². The molecule has 0 heterocycles. The molecule has 0 spiro atoms. The second-order valence-electron chi connectivity index (χ2n) is 13.6. The van der Waals surface area contributed by atoms with Gasteiger partial charge in [0.15, 0.2) is 5.78 Å². The summed E-state index contributed by atoms with van der Waals surface area (Å²) in [4.78, 5) is 39.7. The van der Waals surface area contributed by atoms with E-state index in [1.54, 1.807) is 0 Å². The van der Waals surface area contributed by atoms with Crippen molar-refractivity contribution in [2.24, 2.45) is 34.5 Å². The van der Waals surface area contributed by atoms with E-state index in [1.165, 1.54) is 16.7 Å². The van der Waals surface area contributed by atoms with Crippen LogP contribution in [0.3, 0.4) is 0 Å². The number of ketones is 2. The molecule has 0 N–H and O–H groups in total. The van der Waals surface area contributed by atoms with Crippen molar-refractivity contribution in [3.05, 3.63) is 77.4 Å². The second-order valence-corrected chi connectivity index (χ2v) is 13.6. The van der Waals surface area contributed by atoms with Gasteiger partial charge in [-0.15, -0.1) is 0 Å². The van der Waals surface area contributed by atoms with E-state index in [0.717, 1.165) is 56.1 Å². The lowest BCUT2D eigenvalue weighted by molar-refractivity contribution is -0.152. The fourth-order valence-electron chi connectivity index (χ4n) is 9.18. The first kappa shape index (κ1) is 28.1. The smallest absolute Gasteiger partial charge is 0.309 e. The average Bonchev–Trinajstić information content (AvgIpc) is 3.41. The lowest BCUT2D eigenvalue weighted by atomic mass is 9.47. The van der Waals surface area contributed by atoms with Gasteiger partial charge in [-0.05, 0) is 104 Å². The zero-order valence-corrected chi connectivity index (χ0v) is 24.9. The number of benzene rings is 1. The number of fused-ring (bicyclic) bond motifs is 6. The van der Waals surface area contributed by atoms with Crippen LogP contribution in [0.1, 0.15) is 95.6 Å². The Hall–Kier alpha value is -3.01. The molecule has 0 aliphatic heterocycles. The number of rotatable bonds is 6. The lowest BCUT2D eigenvalue weighted by Gasteiger charge is -2.56. The first-order valence-corrected chi connectivity index (χ1v) is 15.7. The highest BCUT2D eigenvalue weighted by Crippen LogP contribution is 2.63. The van der Waals surface area contributed by atoms with Crippen LogP contribution in [-0.2, 0) is 19.1 Å². The summed E-state index contributed by atoms with van der Waals surface area (Å²) in [5.41, 5.74) is 5.30. The van der Waals surface area contributed by atoms with Crippen LogP contribution in [0.4, 0.5) is 0 Å². The van der Waals surface area contributed by atoms with Gasteiger partial charge in [0.05, 0.1) is 5.92 Å². The standard InChI is InChI=1S/C37H44O4/c1-5-6-7-8-11-26-23(2)29(28-13-10-9-12-27(26)28)22-41-35(40)24-16-18-36(3)25(20-24)21-32(38)34-30-14-15-33(39)37(30,4)19-17-31(34)36/h5-6,9-13,21,24,29-31,34H,2,7-8,14-20,22H2,1,3-4H3/b6-5-,26-11+/t24?,29?,30?,31?,34?,36-,37-/m0/s1. The van der Waals surface area contributed by atoms with E-state index in [4.69, 9.17) is 4.74 Å². The minimum atomic E-state index is -0.329. The monoisotopic (exact) mass is 552 g/mol. The van der Waals surface area contributed by atoms with Crippen molar-refractivity contribution >= 4 is 23.1 Å². The Morgan fingerprint density at radius 2 is 1.80 bits per heavy atom. The molecule has 41 heavy (non-hydrogen) atoms. The van der Waals surface area contributed by atoms with Crippen LogP contribution in [0.5, 0.6) is 0 Å². The molecule has 1 aromatic carbocycles. The van der Waals surface area contributed by atoms with Crippen LogP contribution in [-0.4, -0.2) is 24.1 Å². The third-order valence-electron chi connectivity index (χ3n) is 11.7. The minimum absolute atomic E-state index is 0.0288. The number of Topliss-reactive ketones (excluding diaryl/α,β-unsaturated/α-hetero) is 1. The largest absolute Gasteiger partial charge is 0.464 e. The number of hydrogen-bond donors (Lipinski definition) is 0. The Morgan fingerprint density at radius 1 is 1.05 bits per heavy atom. The summed E-state index contributed by atoms with van der Waals surface area (Å²) in [5, 5.41) is 0. The molecule has 7 atom stereocenters. The van der Waals surface area contributed by atoms with Crippen LogP contribution in [0.25, 0.3) is 5.57 Å². The van der Waals surface area contributed by atoms with Gasteiger partial charge in [0.1, 0.15) is 12.4 Å². The molecule has 1 aromatic rings. The molecule has 5 aliphatic carbocycles. The molecule has 216 valence electrons. The summed E-state index contributed by atoms with van der Waals surface area (Å²) in [6, 6.07) is 8.36. The molecular formula is C37H44O4. The maximum absolute atomic E-state index is 13.6. The van der Waals surface area contributed by atoms with Gasteiger partial charge >= 0.3 is 5.97 Å². The fraction of sp³-hybridized carbons (Fsp3) is 0.541. The highest BCUT2D eigenvalue weighted by atomic mass is 16.5. The third kappa shape index (κ3) is 4.53. The minimum Gasteiger partial charge on any atom is -0.464 e. The number of carbonyl (C=O) groups excluding carboxylic acids is 3. The number of unbranched alkanes of at least 4 members (excludes halogenated alkanes) is 1. The zero-order chi connectivity index (χ0) is 28.9. The lowest BCUT2D eigenvalue weighted by Crippen LogP contribution is -2.53.